The van der Waals surface area contributed by atoms with Gasteiger partial charge in [-0.15, -0.1) is 0 Å². The minimum atomic E-state index is -4.92. The van der Waals surface area contributed by atoms with Gasteiger partial charge >= 0.3 is 18.2 Å². The summed E-state index contributed by atoms with van der Waals surface area (Å²) < 4.78 is 42.4. The Morgan fingerprint density at radius 1 is 1.09 bits per heavy atom. The highest BCUT2D eigenvalue weighted by Gasteiger charge is 2.38. The number of ether oxygens (including phenoxy) is 1. The van der Waals surface area contributed by atoms with Crippen LogP contribution in [0.25, 0.3) is 10.9 Å². The second kappa shape index (κ2) is 10.1. The first-order valence-corrected chi connectivity index (χ1v) is 11.1. The zero-order valence-corrected chi connectivity index (χ0v) is 19.9. The van der Waals surface area contributed by atoms with E-state index >= 15 is 0 Å². The van der Waals surface area contributed by atoms with Gasteiger partial charge in [-0.05, 0) is 39.0 Å². The molecule has 3 rings (SSSR count). The van der Waals surface area contributed by atoms with Crippen LogP contribution in [0.15, 0.2) is 24.3 Å². The molecule has 12 heteroatoms. The summed E-state index contributed by atoms with van der Waals surface area (Å²) in [5, 5.41) is 6.11. The maximum atomic E-state index is 12.4. The van der Waals surface area contributed by atoms with Gasteiger partial charge in [0.05, 0.1) is 5.52 Å². The molecule has 0 unspecified atom stereocenters. The molecule has 8 nitrogen and oxygen atoms in total. The molecule has 2 aromatic rings. The SMILES string of the molecule is CC(C)(C)OC(=O)N1CCN(c2cc(NCCNC(=O)C(F)(F)F)nc3cc(Cl)ccc23)CC1. The van der Waals surface area contributed by atoms with E-state index in [1.807, 2.05) is 32.2 Å². The molecule has 2 amide bonds. The molecule has 2 heterocycles. The second-order valence-electron chi connectivity index (χ2n) is 8.82. The molecule has 1 aliphatic rings. The number of hydrogen-bond donors (Lipinski definition) is 2. The summed E-state index contributed by atoms with van der Waals surface area (Å²) in [6.07, 6.45) is -5.28. The predicted molar refractivity (Wildman–Crippen MR) is 124 cm³/mol. The molecule has 1 aromatic carbocycles. The number of amides is 2. The number of carbonyl (C=O) groups is 2. The van der Waals surface area contributed by atoms with E-state index < -0.39 is 17.7 Å². The van der Waals surface area contributed by atoms with Gasteiger partial charge in [0.25, 0.3) is 0 Å². The van der Waals surface area contributed by atoms with E-state index in [9.17, 15) is 22.8 Å². The number of nitrogens with zero attached hydrogens (tertiary/aromatic N) is 3. The quantitative estimate of drug-likeness (QED) is 0.601. The summed E-state index contributed by atoms with van der Waals surface area (Å²) in [5.74, 6) is -1.56. The molecule has 0 atom stereocenters. The van der Waals surface area contributed by atoms with Crippen LogP contribution < -0.4 is 15.5 Å². The zero-order chi connectivity index (χ0) is 25.1. The summed E-state index contributed by atoms with van der Waals surface area (Å²) >= 11 is 6.13. The number of pyridine rings is 1. The molecule has 1 saturated heterocycles. The second-order valence-corrected chi connectivity index (χ2v) is 9.26. The summed E-state index contributed by atoms with van der Waals surface area (Å²) in [4.78, 5) is 31.6. The van der Waals surface area contributed by atoms with E-state index in [4.69, 9.17) is 16.3 Å². The molecule has 0 bridgehead atoms. The van der Waals surface area contributed by atoms with Gasteiger partial charge in [-0.1, -0.05) is 11.6 Å². The standard InChI is InChI=1S/C22H27ClF3N5O3/c1-21(2,3)34-20(33)31-10-8-30(9-11-31)17-13-18(27-6-7-28-19(32)22(24,25)26)29-16-12-14(23)4-5-15(16)17/h4-5,12-13H,6-11H2,1-3H3,(H,27,29)(H,28,32). The van der Waals surface area contributed by atoms with Crippen molar-refractivity contribution >= 4 is 46.0 Å². The number of nitrogens with one attached hydrogen (secondary N) is 2. The first-order chi connectivity index (χ1) is 15.8. The molecule has 1 fully saturated rings. The van der Waals surface area contributed by atoms with Crippen LogP contribution in [0.3, 0.4) is 0 Å². The first-order valence-electron chi connectivity index (χ1n) is 10.8. The van der Waals surface area contributed by atoms with Crippen molar-refractivity contribution < 1.29 is 27.5 Å². The van der Waals surface area contributed by atoms with Gasteiger partial charge in [0.15, 0.2) is 0 Å². The van der Waals surface area contributed by atoms with E-state index in [-0.39, 0.29) is 19.2 Å². The van der Waals surface area contributed by atoms with Gasteiger partial charge in [0, 0.05) is 61.4 Å². The Morgan fingerprint density at radius 2 is 1.76 bits per heavy atom. The number of anilines is 2. The number of halogens is 4. The molecule has 0 saturated carbocycles. The Labute approximate surface area is 200 Å². The monoisotopic (exact) mass is 501 g/mol. The van der Waals surface area contributed by atoms with Gasteiger partial charge < -0.3 is 25.2 Å². The Bertz CT molecular complexity index is 1050. The number of piperazine rings is 1. The zero-order valence-electron chi connectivity index (χ0n) is 19.1. The summed E-state index contributed by atoms with van der Waals surface area (Å²) in [5.41, 5.74) is 0.892. The molecular formula is C22H27ClF3N5O3. The summed E-state index contributed by atoms with van der Waals surface area (Å²) in [7, 11) is 0. The summed E-state index contributed by atoms with van der Waals surface area (Å²) in [6.45, 7) is 7.33. The normalized spacial score (nSPS) is 14.8. The molecule has 2 N–H and O–H groups in total. The van der Waals surface area contributed by atoms with E-state index in [1.165, 1.54) is 0 Å². The van der Waals surface area contributed by atoms with Crippen molar-refractivity contribution in [3.63, 3.8) is 0 Å². The average molecular weight is 502 g/mol. The van der Waals surface area contributed by atoms with Crippen LogP contribution >= 0.6 is 11.6 Å². The third-order valence-electron chi connectivity index (χ3n) is 5.00. The van der Waals surface area contributed by atoms with E-state index in [0.717, 1.165) is 11.1 Å². The number of benzene rings is 1. The van der Waals surface area contributed by atoms with Crippen LogP contribution in [0.1, 0.15) is 20.8 Å². The van der Waals surface area contributed by atoms with Crippen LogP contribution in [-0.2, 0) is 9.53 Å². The number of aromatic nitrogens is 1. The fourth-order valence-corrected chi connectivity index (χ4v) is 3.62. The molecule has 0 radical (unpaired) electrons. The van der Waals surface area contributed by atoms with E-state index in [0.29, 0.717) is 42.5 Å². The molecule has 186 valence electrons. The highest BCUT2D eigenvalue weighted by Crippen LogP contribution is 2.31. The number of hydrogen-bond acceptors (Lipinski definition) is 6. The Hall–Kier alpha value is -2.95. The number of rotatable bonds is 5. The Balaban J connectivity index is 1.72. The van der Waals surface area contributed by atoms with Crippen molar-refractivity contribution in [2.24, 2.45) is 0 Å². The Morgan fingerprint density at radius 3 is 2.38 bits per heavy atom. The van der Waals surface area contributed by atoms with Crippen molar-refractivity contribution in [3.8, 4) is 0 Å². The minimum absolute atomic E-state index is 0.0484. The van der Waals surface area contributed by atoms with E-state index in [2.05, 4.69) is 15.2 Å². The fraction of sp³-hybridized carbons (Fsp3) is 0.500. The molecular weight excluding hydrogens is 475 g/mol. The number of carbonyl (C=O) groups excluding carboxylic acids is 2. The van der Waals surface area contributed by atoms with Crippen molar-refractivity contribution in [1.29, 1.82) is 0 Å². The van der Waals surface area contributed by atoms with Crippen molar-refractivity contribution in [1.82, 2.24) is 15.2 Å². The van der Waals surface area contributed by atoms with Gasteiger partial charge in [-0.25, -0.2) is 9.78 Å². The van der Waals surface area contributed by atoms with Crippen molar-refractivity contribution in [2.75, 3.05) is 49.5 Å². The third-order valence-corrected chi connectivity index (χ3v) is 5.23. The van der Waals surface area contributed by atoms with Crippen LogP contribution in [0.2, 0.25) is 5.02 Å². The lowest BCUT2D eigenvalue weighted by atomic mass is 10.1. The third kappa shape index (κ3) is 6.78. The number of alkyl halides is 3. The van der Waals surface area contributed by atoms with Crippen LogP contribution in [0.4, 0.5) is 29.5 Å². The lowest BCUT2D eigenvalue weighted by molar-refractivity contribution is -0.173. The van der Waals surface area contributed by atoms with Gasteiger partial charge in [-0.3, -0.25) is 4.79 Å². The molecule has 1 aromatic heterocycles. The van der Waals surface area contributed by atoms with E-state index in [1.54, 1.807) is 23.1 Å². The van der Waals surface area contributed by atoms with Gasteiger partial charge in [0.1, 0.15) is 11.4 Å². The van der Waals surface area contributed by atoms with Crippen LogP contribution in [0, 0.1) is 0 Å². The maximum absolute atomic E-state index is 12.4. The molecule has 34 heavy (non-hydrogen) atoms. The maximum Gasteiger partial charge on any atom is 0.471 e. The Kier molecular flexibility index (Phi) is 7.64. The minimum Gasteiger partial charge on any atom is -0.444 e. The highest BCUT2D eigenvalue weighted by atomic mass is 35.5. The average Bonchev–Trinajstić information content (AvgIpc) is 2.74. The summed E-state index contributed by atoms with van der Waals surface area (Å²) in [6, 6.07) is 7.11. The van der Waals surface area contributed by atoms with Crippen LogP contribution in [-0.4, -0.2) is 72.9 Å². The lowest BCUT2D eigenvalue weighted by Gasteiger charge is -2.37. The molecule has 0 spiro atoms. The largest absolute Gasteiger partial charge is 0.471 e. The lowest BCUT2D eigenvalue weighted by Crippen LogP contribution is -2.50. The topological polar surface area (TPSA) is 86.8 Å². The predicted octanol–water partition coefficient (Wildman–Crippen LogP) is 4.04. The van der Waals surface area contributed by atoms with Crippen molar-refractivity contribution in [3.05, 3.63) is 29.3 Å². The molecule has 1 aliphatic heterocycles. The molecule has 0 aliphatic carbocycles. The fourth-order valence-electron chi connectivity index (χ4n) is 3.46. The van der Waals surface area contributed by atoms with Crippen LogP contribution in [0.5, 0.6) is 0 Å². The first kappa shape index (κ1) is 25.7. The van der Waals surface area contributed by atoms with Gasteiger partial charge in [0.2, 0.25) is 0 Å². The number of fused-ring (bicyclic) bond motifs is 1. The highest BCUT2D eigenvalue weighted by molar-refractivity contribution is 6.31. The van der Waals surface area contributed by atoms with Crippen molar-refractivity contribution in [2.45, 2.75) is 32.5 Å². The van der Waals surface area contributed by atoms with Gasteiger partial charge in [-0.2, -0.15) is 13.2 Å². The smallest absolute Gasteiger partial charge is 0.444 e.